The number of amidine groups is 1. The fourth-order valence-electron chi connectivity index (χ4n) is 4.60. The number of nitrogens with one attached hydrogen (secondary N) is 1. The van der Waals surface area contributed by atoms with Gasteiger partial charge in [-0.15, -0.1) is 4.40 Å². The third-order valence-electron chi connectivity index (χ3n) is 6.31. The van der Waals surface area contributed by atoms with Gasteiger partial charge in [0.25, 0.3) is 10.0 Å². The molecule has 3 heterocycles. The Morgan fingerprint density at radius 3 is 2.62 bits per heavy atom. The number of piperidine rings is 1. The van der Waals surface area contributed by atoms with Crippen molar-refractivity contribution in [3.8, 4) is 0 Å². The minimum atomic E-state index is -3.67. The molecule has 3 aliphatic heterocycles. The minimum Gasteiger partial charge on any atom is -0.355 e. The van der Waals surface area contributed by atoms with Crippen LogP contribution in [-0.2, 0) is 19.6 Å². The first-order valence-corrected chi connectivity index (χ1v) is 12.8. The number of fused-ring (bicyclic) bond motifs is 1. The second kappa shape index (κ2) is 9.58. The van der Waals surface area contributed by atoms with Crippen LogP contribution in [0, 0.1) is 5.92 Å². The summed E-state index contributed by atoms with van der Waals surface area (Å²) >= 11 is 0. The molecule has 2 saturated heterocycles. The van der Waals surface area contributed by atoms with Crippen molar-refractivity contribution < 1.29 is 18.0 Å². The van der Waals surface area contributed by atoms with Gasteiger partial charge < -0.3 is 15.1 Å². The number of rotatable bonds is 5. The van der Waals surface area contributed by atoms with Crippen molar-refractivity contribution in [2.75, 3.05) is 52.4 Å². The average Bonchev–Trinajstić information content (AvgIpc) is 3.09. The van der Waals surface area contributed by atoms with E-state index < -0.39 is 10.0 Å². The summed E-state index contributed by atoms with van der Waals surface area (Å²) < 4.78 is 28.8. The lowest BCUT2D eigenvalue weighted by atomic mass is 9.95. The lowest BCUT2D eigenvalue weighted by Gasteiger charge is -2.39. The molecule has 2 amide bonds. The summed E-state index contributed by atoms with van der Waals surface area (Å²) in [5, 5.41) is 2.89. The second-order valence-corrected chi connectivity index (χ2v) is 10.2. The number of likely N-dealkylation sites (tertiary alicyclic amines) is 1. The molecule has 0 spiro atoms. The van der Waals surface area contributed by atoms with Gasteiger partial charge in [-0.05, 0) is 31.4 Å². The highest BCUT2D eigenvalue weighted by Crippen LogP contribution is 2.30. The van der Waals surface area contributed by atoms with Crippen molar-refractivity contribution in [1.82, 2.24) is 20.0 Å². The predicted molar refractivity (Wildman–Crippen MR) is 121 cm³/mol. The van der Waals surface area contributed by atoms with E-state index in [1.807, 2.05) is 22.8 Å². The number of amides is 2. The van der Waals surface area contributed by atoms with E-state index in [2.05, 4.69) is 14.6 Å². The number of carbonyl (C=O) groups is 2. The topological polar surface area (TPSA) is 102 Å². The molecule has 9 nitrogen and oxygen atoms in total. The van der Waals surface area contributed by atoms with Gasteiger partial charge in [0.05, 0.1) is 12.5 Å². The van der Waals surface area contributed by atoms with Crippen LogP contribution in [0.3, 0.4) is 0 Å². The van der Waals surface area contributed by atoms with Crippen LogP contribution in [0.2, 0.25) is 0 Å². The Morgan fingerprint density at radius 2 is 1.88 bits per heavy atom. The van der Waals surface area contributed by atoms with Crippen LogP contribution >= 0.6 is 0 Å². The number of hydrogen-bond donors (Lipinski definition) is 1. The van der Waals surface area contributed by atoms with Gasteiger partial charge in [-0.2, -0.15) is 8.42 Å². The summed E-state index contributed by atoms with van der Waals surface area (Å²) in [5.41, 5.74) is 0.621. The number of sulfonamides is 1. The molecule has 0 radical (unpaired) electrons. The minimum absolute atomic E-state index is 0.0297. The summed E-state index contributed by atoms with van der Waals surface area (Å²) in [7, 11) is -3.67. The molecular weight excluding hydrogens is 430 g/mol. The monoisotopic (exact) mass is 461 g/mol. The SMILES string of the molecule is CCCNC(=O)CN1CCN(C(=O)C2CCCN(C3=NS(=O)(=O)c4ccccc43)C2)CC1. The number of benzene rings is 1. The van der Waals surface area contributed by atoms with Crippen LogP contribution in [0.25, 0.3) is 0 Å². The van der Waals surface area contributed by atoms with Crippen molar-refractivity contribution >= 4 is 27.7 Å². The van der Waals surface area contributed by atoms with Gasteiger partial charge in [0.2, 0.25) is 11.8 Å². The Bertz CT molecular complexity index is 1000. The first-order chi connectivity index (χ1) is 15.4. The fourth-order valence-corrected chi connectivity index (χ4v) is 5.82. The number of nitrogens with zero attached hydrogens (tertiary/aromatic N) is 4. The zero-order valence-electron chi connectivity index (χ0n) is 18.5. The van der Waals surface area contributed by atoms with Gasteiger partial charge in [-0.1, -0.05) is 19.1 Å². The largest absolute Gasteiger partial charge is 0.355 e. The van der Waals surface area contributed by atoms with E-state index in [4.69, 9.17) is 0 Å². The lowest BCUT2D eigenvalue weighted by molar-refractivity contribution is -0.138. The summed E-state index contributed by atoms with van der Waals surface area (Å²) in [5.74, 6) is 0.420. The Labute approximate surface area is 189 Å². The third-order valence-corrected chi connectivity index (χ3v) is 7.63. The molecule has 2 fully saturated rings. The molecule has 4 rings (SSSR count). The van der Waals surface area contributed by atoms with E-state index in [0.29, 0.717) is 63.8 Å². The molecule has 3 aliphatic rings. The Hall–Kier alpha value is -2.46. The van der Waals surface area contributed by atoms with E-state index in [-0.39, 0.29) is 22.6 Å². The Kier molecular flexibility index (Phi) is 6.80. The molecular formula is C22H31N5O4S. The molecule has 1 aromatic carbocycles. The summed E-state index contributed by atoms with van der Waals surface area (Å²) in [6.07, 6.45) is 2.52. The maximum atomic E-state index is 13.2. The molecule has 1 atom stereocenters. The van der Waals surface area contributed by atoms with Crippen molar-refractivity contribution in [3.63, 3.8) is 0 Å². The van der Waals surface area contributed by atoms with Crippen LogP contribution in [-0.4, -0.2) is 93.1 Å². The zero-order chi connectivity index (χ0) is 22.7. The molecule has 0 aliphatic carbocycles. The van der Waals surface area contributed by atoms with E-state index in [9.17, 15) is 18.0 Å². The Balaban J connectivity index is 1.35. The van der Waals surface area contributed by atoms with E-state index in [0.717, 1.165) is 19.3 Å². The number of hydrogen-bond acceptors (Lipinski definition) is 6. The molecule has 10 heteroatoms. The maximum absolute atomic E-state index is 13.2. The summed E-state index contributed by atoms with van der Waals surface area (Å²) in [4.78, 5) is 31.3. The van der Waals surface area contributed by atoms with Gasteiger partial charge in [-0.3, -0.25) is 14.5 Å². The number of carbonyl (C=O) groups excluding carboxylic acids is 2. The molecule has 174 valence electrons. The quantitative estimate of drug-likeness (QED) is 0.686. The molecule has 1 N–H and O–H groups in total. The molecule has 1 aromatic rings. The summed E-state index contributed by atoms with van der Waals surface area (Å²) in [6, 6.07) is 6.87. The maximum Gasteiger partial charge on any atom is 0.285 e. The van der Waals surface area contributed by atoms with E-state index in [1.54, 1.807) is 18.2 Å². The first-order valence-electron chi connectivity index (χ1n) is 11.4. The van der Waals surface area contributed by atoms with Crippen LogP contribution in [0.4, 0.5) is 0 Å². The van der Waals surface area contributed by atoms with Gasteiger partial charge in [0.1, 0.15) is 4.90 Å². The van der Waals surface area contributed by atoms with Crippen molar-refractivity contribution in [1.29, 1.82) is 0 Å². The van der Waals surface area contributed by atoms with Gasteiger partial charge in [-0.25, -0.2) is 0 Å². The van der Waals surface area contributed by atoms with Crippen molar-refractivity contribution in [2.24, 2.45) is 10.3 Å². The highest BCUT2D eigenvalue weighted by atomic mass is 32.2. The average molecular weight is 462 g/mol. The van der Waals surface area contributed by atoms with E-state index >= 15 is 0 Å². The smallest absolute Gasteiger partial charge is 0.285 e. The standard InChI is InChI=1S/C22H31N5O4S/c1-2-9-23-20(28)16-25-11-13-26(14-12-25)22(29)17-6-5-10-27(15-17)21-18-7-3-4-8-19(18)32(30,31)24-21/h3-4,7-8,17H,2,5-6,9-16H2,1H3,(H,23,28). The highest BCUT2D eigenvalue weighted by molar-refractivity contribution is 7.90. The van der Waals surface area contributed by atoms with Crippen molar-refractivity contribution in [3.05, 3.63) is 29.8 Å². The predicted octanol–water partition coefficient (Wildman–Crippen LogP) is 0.518. The van der Waals surface area contributed by atoms with Crippen LogP contribution in [0.5, 0.6) is 0 Å². The molecule has 0 saturated carbocycles. The normalized spacial score (nSPS) is 22.9. The van der Waals surface area contributed by atoms with Gasteiger partial charge in [0, 0.05) is 51.4 Å². The Morgan fingerprint density at radius 1 is 1.12 bits per heavy atom. The molecule has 0 aromatic heterocycles. The van der Waals surface area contributed by atoms with Crippen molar-refractivity contribution in [2.45, 2.75) is 31.1 Å². The van der Waals surface area contributed by atoms with Gasteiger partial charge in [0.15, 0.2) is 5.84 Å². The molecule has 1 unspecified atom stereocenters. The molecule has 32 heavy (non-hydrogen) atoms. The lowest BCUT2D eigenvalue weighted by Crippen LogP contribution is -2.54. The molecule has 0 bridgehead atoms. The number of piperazine rings is 1. The van der Waals surface area contributed by atoms with Gasteiger partial charge >= 0.3 is 0 Å². The summed E-state index contributed by atoms with van der Waals surface area (Å²) in [6.45, 7) is 6.81. The van der Waals surface area contributed by atoms with Crippen LogP contribution < -0.4 is 5.32 Å². The van der Waals surface area contributed by atoms with E-state index in [1.165, 1.54) is 0 Å². The first kappa shape index (κ1) is 22.7. The second-order valence-electron chi connectivity index (χ2n) is 8.62. The highest BCUT2D eigenvalue weighted by Gasteiger charge is 2.36. The third kappa shape index (κ3) is 4.80. The zero-order valence-corrected chi connectivity index (χ0v) is 19.3. The fraction of sp³-hybridized carbons (Fsp3) is 0.591. The van der Waals surface area contributed by atoms with Crippen LogP contribution in [0.15, 0.2) is 33.6 Å². The van der Waals surface area contributed by atoms with Crippen LogP contribution in [0.1, 0.15) is 31.7 Å².